The van der Waals surface area contributed by atoms with Gasteiger partial charge in [0.05, 0.1) is 5.56 Å². The average molecular weight is 256 g/mol. The Kier molecular flexibility index (Phi) is 3.71. The fourth-order valence-electron chi connectivity index (χ4n) is 1.74. The molecule has 4 heteroatoms. The number of carbonyl (C=O) groups excluding carboxylic acids is 1. The van der Waals surface area contributed by atoms with Crippen LogP contribution < -0.4 is 11.1 Å². The van der Waals surface area contributed by atoms with E-state index in [-0.39, 0.29) is 17.2 Å². The van der Waals surface area contributed by atoms with Crippen molar-refractivity contribution in [3.05, 3.63) is 59.2 Å². The van der Waals surface area contributed by atoms with Gasteiger partial charge in [-0.2, -0.15) is 0 Å². The van der Waals surface area contributed by atoms with E-state index in [4.69, 9.17) is 5.73 Å². The summed E-state index contributed by atoms with van der Waals surface area (Å²) in [5.41, 5.74) is 8.44. The van der Waals surface area contributed by atoms with Gasteiger partial charge >= 0.3 is 0 Å². The molecule has 0 bridgehead atoms. The Labute approximate surface area is 111 Å². The largest absolute Gasteiger partial charge is 0.507 e. The van der Waals surface area contributed by atoms with E-state index < -0.39 is 0 Å². The van der Waals surface area contributed by atoms with Gasteiger partial charge in [-0.15, -0.1) is 0 Å². The van der Waals surface area contributed by atoms with E-state index in [2.05, 4.69) is 5.32 Å². The van der Waals surface area contributed by atoms with Crippen molar-refractivity contribution in [2.75, 3.05) is 5.73 Å². The molecule has 0 aliphatic rings. The predicted molar refractivity (Wildman–Crippen MR) is 74.9 cm³/mol. The number of phenolic OH excluding ortho intramolecular Hbond substituents is 1. The summed E-state index contributed by atoms with van der Waals surface area (Å²) in [4.78, 5) is 12.0. The van der Waals surface area contributed by atoms with Gasteiger partial charge in [0.2, 0.25) is 0 Å². The minimum atomic E-state index is -0.293. The van der Waals surface area contributed by atoms with Crippen LogP contribution in [0.25, 0.3) is 0 Å². The molecule has 0 aliphatic carbocycles. The van der Waals surface area contributed by atoms with Crippen molar-refractivity contribution in [2.45, 2.75) is 13.5 Å². The van der Waals surface area contributed by atoms with Crippen LogP contribution in [0.15, 0.2) is 42.5 Å². The summed E-state index contributed by atoms with van der Waals surface area (Å²) in [6, 6.07) is 12.2. The number of phenols is 1. The summed E-state index contributed by atoms with van der Waals surface area (Å²) >= 11 is 0. The van der Waals surface area contributed by atoms with Gasteiger partial charge in [-0.25, -0.2) is 0 Å². The van der Waals surface area contributed by atoms with Gasteiger partial charge in [0.25, 0.3) is 5.91 Å². The van der Waals surface area contributed by atoms with Gasteiger partial charge in [-0.3, -0.25) is 4.79 Å². The van der Waals surface area contributed by atoms with Crippen molar-refractivity contribution in [1.82, 2.24) is 5.32 Å². The van der Waals surface area contributed by atoms with Crippen LogP contribution in [0.1, 0.15) is 21.5 Å². The number of hydrogen-bond acceptors (Lipinski definition) is 3. The summed E-state index contributed by atoms with van der Waals surface area (Å²) in [5, 5.41) is 12.4. The number of nitrogens with two attached hydrogens (primary N) is 1. The number of aromatic hydroxyl groups is 1. The van der Waals surface area contributed by atoms with Gasteiger partial charge in [-0.1, -0.05) is 23.8 Å². The normalized spacial score (nSPS) is 10.2. The molecular weight excluding hydrogens is 240 g/mol. The van der Waals surface area contributed by atoms with E-state index >= 15 is 0 Å². The number of nitrogens with one attached hydrogen (secondary N) is 1. The van der Waals surface area contributed by atoms with Crippen LogP contribution in [0.2, 0.25) is 0 Å². The molecular formula is C15H16N2O2. The summed E-state index contributed by atoms with van der Waals surface area (Å²) in [6.45, 7) is 2.27. The maximum absolute atomic E-state index is 12.0. The number of aryl methyl sites for hydroxylation is 1. The number of amides is 1. The molecule has 4 nitrogen and oxygen atoms in total. The van der Waals surface area contributed by atoms with Crippen molar-refractivity contribution in [3.63, 3.8) is 0 Å². The third-order valence-electron chi connectivity index (χ3n) is 2.83. The van der Waals surface area contributed by atoms with Crippen LogP contribution >= 0.6 is 0 Å². The Bertz CT molecular complexity index is 592. The number of hydrogen-bond donors (Lipinski definition) is 3. The highest BCUT2D eigenvalue weighted by Gasteiger charge is 2.10. The maximum atomic E-state index is 12.0. The van der Waals surface area contributed by atoms with E-state index in [9.17, 15) is 9.90 Å². The number of rotatable bonds is 3. The fourth-order valence-corrected chi connectivity index (χ4v) is 1.74. The molecule has 0 heterocycles. The number of carbonyl (C=O) groups is 1. The highest BCUT2D eigenvalue weighted by Crippen LogP contribution is 2.18. The van der Waals surface area contributed by atoms with Crippen molar-refractivity contribution >= 4 is 11.6 Å². The topological polar surface area (TPSA) is 75.3 Å². The summed E-state index contributed by atoms with van der Waals surface area (Å²) in [5.74, 6) is -0.307. The molecule has 0 radical (unpaired) electrons. The molecule has 4 N–H and O–H groups in total. The van der Waals surface area contributed by atoms with Gasteiger partial charge < -0.3 is 16.2 Å². The number of anilines is 1. The van der Waals surface area contributed by atoms with Gasteiger partial charge in [0.1, 0.15) is 5.75 Å². The molecule has 98 valence electrons. The Morgan fingerprint density at radius 3 is 2.58 bits per heavy atom. The maximum Gasteiger partial charge on any atom is 0.255 e. The first kappa shape index (κ1) is 13.0. The predicted octanol–water partition coefficient (Wildman–Crippen LogP) is 2.21. The third-order valence-corrected chi connectivity index (χ3v) is 2.83. The minimum Gasteiger partial charge on any atom is -0.507 e. The molecule has 0 aromatic heterocycles. The zero-order valence-electron chi connectivity index (χ0n) is 10.7. The lowest BCUT2D eigenvalue weighted by Gasteiger charge is -2.08. The first-order chi connectivity index (χ1) is 9.06. The van der Waals surface area contributed by atoms with Crippen molar-refractivity contribution in [1.29, 1.82) is 0 Å². The Morgan fingerprint density at radius 1 is 1.21 bits per heavy atom. The molecule has 0 saturated heterocycles. The lowest BCUT2D eigenvalue weighted by Crippen LogP contribution is -2.22. The molecule has 0 aliphatic heterocycles. The first-order valence-corrected chi connectivity index (χ1v) is 5.98. The van der Waals surface area contributed by atoms with Crippen LogP contribution in [-0.2, 0) is 6.54 Å². The highest BCUT2D eigenvalue weighted by molar-refractivity contribution is 5.96. The third kappa shape index (κ3) is 3.25. The average Bonchev–Trinajstić information content (AvgIpc) is 2.40. The second-order valence-electron chi connectivity index (χ2n) is 4.44. The van der Waals surface area contributed by atoms with Crippen LogP contribution in [0.5, 0.6) is 5.75 Å². The van der Waals surface area contributed by atoms with Crippen molar-refractivity contribution in [3.8, 4) is 5.75 Å². The quantitative estimate of drug-likeness (QED) is 0.737. The second kappa shape index (κ2) is 5.44. The lowest BCUT2D eigenvalue weighted by atomic mass is 10.1. The molecule has 1 amide bonds. The van der Waals surface area contributed by atoms with Crippen LogP contribution in [0.4, 0.5) is 5.69 Å². The monoisotopic (exact) mass is 256 g/mol. The molecule has 0 spiro atoms. The molecule has 2 aromatic rings. The SMILES string of the molecule is Cc1ccc(O)c(C(=O)NCc2ccc(N)cc2)c1. The van der Waals surface area contributed by atoms with E-state index in [1.807, 2.05) is 19.1 Å². The zero-order valence-corrected chi connectivity index (χ0v) is 10.7. The molecule has 0 unspecified atom stereocenters. The summed E-state index contributed by atoms with van der Waals surface area (Å²) in [7, 11) is 0. The molecule has 2 aromatic carbocycles. The van der Waals surface area contributed by atoms with Crippen molar-refractivity contribution < 1.29 is 9.90 Å². The number of nitrogen functional groups attached to an aromatic ring is 1. The van der Waals surface area contributed by atoms with Crippen LogP contribution in [-0.4, -0.2) is 11.0 Å². The van der Waals surface area contributed by atoms with Crippen LogP contribution in [0.3, 0.4) is 0 Å². The van der Waals surface area contributed by atoms with Gasteiger partial charge in [0, 0.05) is 12.2 Å². The van der Waals surface area contributed by atoms with E-state index in [1.54, 1.807) is 24.3 Å². The number of benzene rings is 2. The first-order valence-electron chi connectivity index (χ1n) is 5.98. The molecule has 0 saturated carbocycles. The molecule has 0 fully saturated rings. The molecule has 19 heavy (non-hydrogen) atoms. The Balaban J connectivity index is 2.05. The smallest absolute Gasteiger partial charge is 0.255 e. The van der Waals surface area contributed by atoms with Crippen LogP contribution in [0, 0.1) is 6.92 Å². The summed E-state index contributed by atoms with van der Waals surface area (Å²) < 4.78 is 0. The van der Waals surface area contributed by atoms with Crippen molar-refractivity contribution in [2.24, 2.45) is 0 Å². The fraction of sp³-hybridized carbons (Fsp3) is 0.133. The molecule has 0 atom stereocenters. The van der Waals surface area contributed by atoms with Gasteiger partial charge in [-0.05, 0) is 36.8 Å². The minimum absolute atomic E-state index is 0.0135. The second-order valence-corrected chi connectivity index (χ2v) is 4.44. The Hall–Kier alpha value is -2.49. The van der Waals surface area contributed by atoms with E-state index in [0.29, 0.717) is 12.2 Å². The Morgan fingerprint density at radius 2 is 1.89 bits per heavy atom. The lowest BCUT2D eigenvalue weighted by molar-refractivity contribution is 0.0948. The standard InChI is InChI=1S/C15H16N2O2/c1-10-2-7-14(18)13(8-10)15(19)17-9-11-3-5-12(16)6-4-11/h2-8,18H,9,16H2,1H3,(H,17,19). The van der Waals surface area contributed by atoms with E-state index in [0.717, 1.165) is 11.1 Å². The van der Waals surface area contributed by atoms with E-state index in [1.165, 1.54) is 6.07 Å². The summed E-state index contributed by atoms with van der Waals surface area (Å²) in [6.07, 6.45) is 0. The zero-order chi connectivity index (χ0) is 13.8. The highest BCUT2D eigenvalue weighted by atomic mass is 16.3. The molecule has 2 rings (SSSR count). The van der Waals surface area contributed by atoms with Gasteiger partial charge in [0.15, 0.2) is 0 Å².